The molecule has 23 heavy (non-hydrogen) atoms. The van der Waals surface area contributed by atoms with E-state index in [9.17, 15) is 4.39 Å². The minimum Gasteiger partial charge on any atom is -0.460 e. The number of rotatable bonds is 7. The number of benzene rings is 1. The summed E-state index contributed by atoms with van der Waals surface area (Å²) in [6, 6.07) is 10.2. The van der Waals surface area contributed by atoms with Crippen molar-refractivity contribution in [2.75, 3.05) is 6.54 Å². The first kappa shape index (κ1) is 17.2. The van der Waals surface area contributed by atoms with E-state index in [0.717, 1.165) is 36.6 Å². The van der Waals surface area contributed by atoms with Gasteiger partial charge < -0.3 is 14.3 Å². The Morgan fingerprint density at radius 3 is 2.70 bits per heavy atom. The number of aryl methyl sites for hydroxylation is 1. The summed E-state index contributed by atoms with van der Waals surface area (Å²) < 4.78 is 20.7. The number of halogens is 2. The van der Waals surface area contributed by atoms with Crippen LogP contribution >= 0.6 is 12.4 Å². The molecule has 2 heterocycles. The third-order valence-corrected chi connectivity index (χ3v) is 3.42. The number of hydrogen-bond donors (Lipinski definition) is 1. The molecule has 0 atom stereocenters. The predicted octanol–water partition coefficient (Wildman–Crippen LogP) is 3.88. The van der Waals surface area contributed by atoms with Crippen molar-refractivity contribution in [3.05, 3.63) is 66.7 Å². The Morgan fingerprint density at radius 1 is 1.13 bits per heavy atom. The minimum absolute atomic E-state index is 0. The summed E-state index contributed by atoms with van der Waals surface area (Å²) in [5.41, 5.74) is 0.882. The fraction of sp³-hybridized carbons (Fsp3) is 0.235. The van der Waals surface area contributed by atoms with E-state index in [-0.39, 0.29) is 18.2 Å². The molecule has 0 aliphatic carbocycles. The zero-order chi connectivity index (χ0) is 15.2. The molecule has 0 saturated heterocycles. The van der Waals surface area contributed by atoms with Gasteiger partial charge in [-0.3, -0.25) is 0 Å². The fourth-order valence-electron chi connectivity index (χ4n) is 2.26. The number of imidazole rings is 1. The quantitative estimate of drug-likeness (QED) is 0.666. The molecular formula is C17H19ClFN3O. The molecule has 1 N–H and O–H groups in total. The van der Waals surface area contributed by atoms with E-state index in [1.807, 2.05) is 24.7 Å². The first-order valence-electron chi connectivity index (χ1n) is 7.32. The molecule has 0 unspecified atom stereocenters. The molecular weight excluding hydrogens is 317 g/mol. The largest absolute Gasteiger partial charge is 0.460 e. The molecule has 122 valence electrons. The summed E-state index contributed by atoms with van der Waals surface area (Å²) in [6.45, 7) is 2.54. The zero-order valence-electron chi connectivity index (χ0n) is 12.6. The van der Waals surface area contributed by atoms with Gasteiger partial charge in [-0.15, -0.1) is 12.4 Å². The molecule has 0 aliphatic rings. The van der Waals surface area contributed by atoms with Crippen LogP contribution in [0.4, 0.5) is 4.39 Å². The average molecular weight is 336 g/mol. The lowest BCUT2D eigenvalue weighted by molar-refractivity contribution is 0.484. The molecule has 0 spiro atoms. The molecule has 0 fully saturated rings. The third-order valence-electron chi connectivity index (χ3n) is 3.42. The zero-order valence-corrected chi connectivity index (χ0v) is 13.4. The molecule has 3 aromatic rings. The van der Waals surface area contributed by atoms with E-state index >= 15 is 0 Å². The topological polar surface area (TPSA) is 43.0 Å². The van der Waals surface area contributed by atoms with Crippen molar-refractivity contribution in [2.24, 2.45) is 0 Å². The SMILES string of the molecule is Cl.Fc1ccc(-c2ccc(CNCCCn3ccnc3)o2)cc1. The van der Waals surface area contributed by atoms with Gasteiger partial charge in [-0.05, 0) is 49.4 Å². The van der Waals surface area contributed by atoms with Crippen LogP contribution in [0.3, 0.4) is 0 Å². The van der Waals surface area contributed by atoms with Gasteiger partial charge in [0.15, 0.2) is 0 Å². The number of furan rings is 1. The van der Waals surface area contributed by atoms with Gasteiger partial charge >= 0.3 is 0 Å². The molecule has 3 rings (SSSR count). The molecule has 4 nitrogen and oxygen atoms in total. The predicted molar refractivity (Wildman–Crippen MR) is 89.9 cm³/mol. The second kappa shape index (κ2) is 8.50. The van der Waals surface area contributed by atoms with Crippen molar-refractivity contribution in [3.63, 3.8) is 0 Å². The lowest BCUT2D eigenvalue weighted by Gasteiger charge is -2.04. The highest BCUT2D eigenvalue weighted by Crippen LogP contribution is 2.22. The van der Waals surface area contributed by atoms with E-state index in [2.05, 4.69) is 14.9 Å². The van der Waals surface area contributed by atoms with Crippen LogP contribution in [0.1, 0.15) is 12.2 Å². The second-order valence-corrected chi connectivity index (χ2v) is 5.10. The Labute approximate surface area is 140 Å². The standard InChI is InChI=1S/C17H18FN3O.ClH/c18-15-4-2-14(3-5-15)17-7-6-16(22-17)12-19-8-1-10-21-11-9-20-13-21;/h2-7,9,11,13,19H,1,8,10,12H2;1H. The summed E-state index contributed by atoms with van der Waals surface area (Å²) in [4.78, 5) is 4.01. The first-order chi connectivity index (χ1) is 10.8. The van der Waals surface area contributed by atoms with Crippen LogP contribution in [0.15, 0.2) is 59.5 Å². The van der Waals surface area contributed by atoms with E-state index in [0.29, 0.717) is 6.54 Å². The molecule has 6 heteroatoms. The van der Waals surface area contributed by atoms with Gasteiger partial charge in [-0.2, -0.15) is 0 Å². The number of nitrogens with one attached hydrogen (secondary N) is 1. The lowest BCUT2D eigenvalue weighted by Crippen LogP contribution is -2.15. The Bertz CT molecular complexity index is 695. The average Bonchev–Trinajstić information content (AvgIpc) is 3.19. The van der Waals surface area contributed by atoms with E-state index in [1.54, 1.807) is 18.3 Å². The van der Waals surface area contributed by atoms with Crippen molar-refractivity contribution >= 4 is 12.4 Å². The summed E-state index contributed by atoms with van der Waals surface area (Å²) in [5, 5.41) is 3.35. The molecule has 0 amide bonds. The fourth-order valence-corrected chi connectivity index (χ4v) is 2.26. The minimum atomic E-state index is -0.241. The van der Waals surface area contributed by atoms with E-state index < -0.39 is 0 Å². The third kappa shape index (κ3) is 4.94. The number of nitrogens with zero attached hydrogens (tertiary/aromatic N) is 2. The van der Waals surface area contributed by atoms with Crippen molar-refractivity contribution in [3.8, 4) is 11.3 Å². The number of hydrogen-bond acceptors (Lipinski definition) is 3. The molecule has 0 saturated carbocycles. The summed E-state index contributed by atoms with van der Waals surface area (Å²) >= 11 is 0. The van der Waals surface area contributed by atoms with E-state index in [4.69, 9.17) is 4.42 Å². The Hall–Kier alpha value is -2.11. The van der Waals surface area contributed by atoms with Crippen LogP contribution in [0.5, 0.6) is 0 Å². The van der Waals surface area contributed by atoms with Gasteiger partial charge in [0.2, 0.25) is 0 Å². The Kier molecular flexibility index (Phi) is 6.38. The van der Waals surface area contributed by atoms with Gasteiger partial charge in [-0.1, -0.05) is 0 Å². The van der Waals surface area contributed by atoms with Gasteiger partial charge in [0.05, 0.1) is 12.9 Å². The Morgan fingerprint density at radius 2 is 1.96 bits per heavy atom. The number of aromatic nitrogens is 2. The molecule has 0 aliphatic heterocycles. The summed E-state index contributed by atoms with van der Waals surface area (Å²) in [5.74, 6) is 1.40. The van der Waals surface area contributed by atoms with E-state index in [1.165, 1.54) is 12.1 Å². The van der Waals surface area contributed by atoms with Gasteiger partial charge in [0.1, 0.15) is 17.3 Å². The molecule has 0 bridgehead atoms. The maximum absolute atomic E-state index is 12.9. The molecule has 2 aromatic heterocycles. The van der Waals surface area contributed by atoms with Crippen LogP contribution in [-0.2, 0) is 13.1 Å². The monoisotopic (exact) mass is 335 g/mol. The first-order valence-corrected chi connectivity index (χ1v) is 7.32. The summed E-state index contributed by atoms with van der Waals surface area (Å²) in [6.07, 6.45) is 6.60. The summed E-state index contributed by atoms with van der Waals surface area (Å²) in [7, 11) is 0. The molecule has 1 aromatic carbocycles. The van der Waals surface area contributed by atoms with Crippen LogP contribution in [0.2, 0.25) is 0 Å². The van der Waals surface area contributed by atoms with Gasteiger partial charge in [-0.25, -0.2) is 9.37 Å². The van der Waals surface area contributed by atoms with Crippen molar-refractivity contribution in [1.82, 2.24) is 14.9 Å². The van der Waals surface area contributed by atoms with Gasteiger partial charge in [0, 0.05) is 24.5 Å². The van der Waals surface area contributed by atoms with Crippen LogP contribution < -0.4 is 5.32 Å². The van der Waals surface area contributed by atoms with Crippen molar-refractivity contribution in [2.45, 2.75) is 19.5 Å². The van der Waals surface area contributed by atoms with Crippen molar-refractivity contribution in [1.29, 1.82) is 0 Å². The highest BCUT2D eigenvalue weighted by atomic mass is 35.5. The van der Waals surface area contributed by atoms with Crippen LogP contribution in [-0.4, -0.2) is 16.1 Å². The highest BCUT2D eigenvalue weighted by molar-refractivity contribution is 5.85. The second-order valence-electron chi connectivity index (χ2n) is 5.10. The van der Waals surface area contributed by atoms with Crippen molar-refractivity contribution < 1.29 is 8.81 Å². The maximum atomic E-state index is 12.9. The Balaban J connectivity index is 0.00000192. The normalized spacial score (nSPS) is 10.5. The molecule has 0 radical (unpaired) electrons. The smallest absolute Gasteiger partial charge is 0.134 e. The highest BCUT2D eigenvalue weighted by Gasteiger charge is 2.04. The van der Waals surface area contributed by atoms with Crippen LogP contribution in [0.25, 0.3) is 11.3 Å². The lowest BCUT2D eigenvalue weighted by atomic mass is 10.2. The van der Waals surface area contributed by atoms with Crippen LogP contribution in [0, 0.1) is 5.82 Å². The van der Waals surface area contributed by atoms with Gasteiger partial charge in [0.25, 0.3) is 0 Å². The maximum Gasteiger partial charge on any atom is 0.134 e.